The molecule has 0 spiro atoms. The van der Waals surface area contributed by atoms with Crippen LogP contribution in [-0.2, 0) is 0 Å². The van der Waals surface area contributed by atoms with Crippen molar-refractivity contribution >= 4 is 23.0 Å². The largest absolute Gasteiger partial charge is 0.378 e. The minimum Gasteiger partial charge on any atom is -0.378 e. The Morgan fingerprint density at radius 2 is 1.95 bits per heavy atom. The molecule has 21 heavy (non-hydrogen) atoms. The molecule has 0 saturated carbocycles. The number of nitro benzene ring substituents is 1. The van der Waals surface area contributed by atoms with Crippen LogP contribution in [0.4, 0.5) is 11.4 Å². The Labute approximate surface area is 128 Å². The van der Waals surface area contributed by atoms with Gasteiger partial charge in [-0.3, -0.25) is 10.1 Å². The van der Waals surface area contributed by atoms with Crippen LogP contribution in [0.2, 0.25) is 5.02 Å². The molecule has 0 aliphatic heterocycles. The van der Waals surface area contributed by atoms with Gasteiger partial charge in [-0.2, -0.15) is 0 Å². The molecule has 0 radical (unpaired) electrons. The van der Waals surface area contributed by atoms with E-state index in [1.165, 1.54) is 11.6 Å². The molecular formula is C16H17ClN2O2. The zero-order valence-corrected chi connectivity index (χ0v) is 12.7. The number of anilines is 1. The second-order valence-electron chi connectivity index (χ2n) is 4.89. The van der Waals surface area contributed by atoms with Gasteiger partial charge in [-0.25, -0.2) is 0 Å². The first-order valence-electron chi connectivity index (χ1n) is 6.79. The molecule has 2 rings (SSSR count). The molecule has 0 saturated heterocycles. The van der Waals surface area contributed by atoms with Crippen LogP contribution < -0.4 is 5.32 Å². The van der Waals surface area contributed by atoms with Gasteiger partial charge in [-0.15, -0.1) is 0 Å². The van der Waals surface area contributed by atoms with Crippen molar-refractivity contribution in [2.24, 2.45) is 0 Å². The predicted octanol–water partition coefficient (Wildman–Crippen LogP) is 5.12. The summed E-state index contributed by atoms with van der Waals surface area (Å²) in [5, 5.41) is 14.4. The van der Waals surface area contributed by atoms with E-state index in [9.17, 15) is 10.1 Å². The number of nitrogens with zero attached hydrogens (tertiary/aromatic N) is 1. The zero-order chi connectivity index (χ0) is 15.4. The van der Waals surface area contributed by atoms with Gasteiger partial charge in [0.2, 0.25) is 0 Å². The summed E-state index contributed by atoms with van der Waals surface area (Å²) in [6.07, 6.45) is 0.901. The van der Waals surface area contributed by atoms with Crippen LogP contribution in [0.5, 0.6) is 0 Å². The van der Waals surface area contributed by atoms with E-state index in [2.05, 4.69) is 24.4 Å². The Morgan fingerprint density at radius 3 is 2.52 bits per heavy atom. The molecule has 0 aliphatic rings. The van der Waals surface area contributed by atoms with Gasteiger partial charge >= 0.3 is 0 Å². The molecule has 0 heterocycles. The molecule has 0 aromatic heterocycles. The standard InChI is InChI=1S/C16H17ClN2O2/c1-3-14(12-7-5-4-6-8-12)18-15-10-13(17)16(19(20)21)9-11(15)2/h4-10,14,18H,3H2,1-2H3. The van der Waals surface area contributed by atoms with Crippen LogP contribution in [0.3, 0.4) is 0 Å². The van der Waals surface area contributed by atoms with Crippen molar-refractivity contribution in [3.05, 3.63) is 68.7 Å². The fourth-order valence-corrected chi connectivity index (χ4v) is 2.49. The van der Waals surface area contributed by atoms with Crippen LogP contribution in [0.25, 0.3) is 0 Å². The monoisotopic (exact) mass is 304 g/mol. The molecule has 1 N–H and O–H groups in total. The van der Waals surface area contributed by atoms with Crippen LogP contribution in [0.1, 0.15) is 30.5 Å². The second kappa shape index (κ2) is 6.59. The lowest BCUT2D eigenvalue weighted by atomic mass is 10.0. The number of aryl methyl sites for hydroxylation is 1. The molecule has 0 bridgehead atoms. The summed E-state index contributed by atoms with van der Waals surface area (Å²) < 4.78 is 0. The minimum atomic E-state index is -0.465. The molecule has 4 nitrogen and oxygen atoms in total. The predicted molar refractivity (Wildman–Crippen MR) is 85.9 cm³/mol. The quantitative estimate of drug-likeness (QED) is 0.616. The first-order valence-corrected chi connectivity index (χ1v) is 7.16. The van der Waals surface area contributed by atoms with Crippen LogP contribution in [0, 0.1) is 17.0 Å². The maximum absolute atomic E-state index is 10.9. The summed E-state index contributed by atoms with van der Waals surface area (Å²) in [6.45, 7) is 3.93. The van der Waals surface area contributed by atoms with Crippen molar-refractivity contribution in [2.75, 3.05) is 5.32 Å². The smallest absolute Gasteiger partial charge is 0.288 e. The Balaban J connectivity index is 2.30. The van der Waals surface area contributed by atoms with Gasteiger partial charge < -0.3 is 5.32 Å². The number of hydrogen-bond acceptors (Lipinski definition) is 3. The summed E-state index contributed by atoms with van der Waals surface area (Å²) in [6, 6.07) is 13.4. The van der Waals surface area contributed by atoms with Gasteiger partial charge in [0.1, 0.15) is 5.02 Å². The van der Waals surface area contributed by atoms with Gasteiger partial charge in [0.15, 0.2) is 0 Å². The van der Waals surface area contributed by atoms with E-state index >= 15 is 0 Å². The molecular weight excluding hydrogens is 288 g/mol. The lowest BCUT2D eigenvalue weighted by Crippen LogP contribution is -2.10. The van der Waals surface area contributed by atoms with Crippen molar-refractivity contribution in [1.82, 2.24) is 0 Å². The van der Waals surface area contributed by atoms with E-state index in [4.69, 9.17) is 11.6 Å². The van der Waals surface area contributed by atoms with Crippen molar-refractivity contribution in [2.45, 2.75) is 26.3 Å². The Morgan fingerprint density at radius 1 is 1.29 bits per heavy atom. The van der Waals surface area contributed by atoms with Gasteiger partial charge in [0, 0.05) is 11.8 Å². The summed E-state index contributed by atoms with van der Waals surface area (Å²) in [5.74, 6) is 0. The van der Waals surface area contributed by atoms with Crippen molar-refractivity contribution in [3.8, 4) is 0 Å². The highest BCUT2D eigenvalue weighted by molar-refractivity contribution is 6.33. The van der Waals surface area contributed by atoms with Crippen molar-refractivity contribution in [1.29, 1.82) is 0 Å². The summed E-state index contributed by atoms with van der Waals surface area (Å²) in [4.78, 5) is 10.4. The first kappa shape index (κ1) is 15.3. The number of halogens is 1. The maximum Gasteiger partial charge on any atom is 0.288 e. The van der Waals surface area contributed by atoms with E-state index in [0.29, 0.717) is 0 Å². The van der Waals surface area contributed by atoms with Crippen LogP contribution in [-0.4, -0.2) is 4.92 Å². The molecule has 0 fully saturated rings. The minimum absolute atomic E-state index is 0.0625. The Kier molecular flexibility index (Phi) is 4.81. The number of benzene rings is 2. The SMILES string of the molecule is CCC(Nc1cc(Cl)c([N+](=O)[O-])cc1C)c1ccccc1. The van der Waals surface area contributed by atoms with Gasteiger partial charge in [-0.1, -0.05) is 48.9 Å². The highest BCUT2D eigenvalue weighted by atomic mass is 35.5. The summed E-state index contributed by atoms with van der Waals surface area (Å²) in [5.41, 5.74) is 2.74. The van der Waals surface area contributed by atoms with Gasteiger partial charge in [0.25, 0.3) is 5.69 Å². The molecule has 1 unspecified atom stereocenters. The summed E-state index contributed by atoms with van der Waals surface area (Å²) >= 11 is 5.99. The Bertz CT molecular complexity index is 644. The number of nitrogens with one attached hydrogen (secondary N) is 1. The van der Waals surface area contributed by atoms with Crippen molar-refractivity contribution in [3.63, 3.8) is 0 Å². The van der Waals surface area contributed by atoms with E-state index < -0.39 is 4.92 Å². The number of hydrogen-bond donors (Lipinski definition) is 1. The number of rotatable bonds is 5. The van der Waals surface area contributed by atoms with Crippen LogP contribution in [0.15, 0.2) is 42.5 Å². The zero-order valence-electron chi connectivity index (χ0n) is 12.0. The normalized spacial score (nSPS) is 12.0. The lowest BCUT2D eigenvalue weighted by molar-refractivity contribution is -0.384. The fourth-order valence-electron chi connectivity index (χ4n) is 2.26. The van der Waals surface area contributed by atoms with E-state index in [1.807, 2.05) is 25.1 Å². The van der Waals surface area contributed by atoms with E-state index in [-0.39, 0.29) is 16.8 Å². The fraction of sp³-hybridized carbons (Fsp3) is 0.250. The van der Waals surface area contributed by atoms with Crippen LogP contribution >= 0.6 is 11.6 Å². The lowest BCUT2D eigenvalue weighted by Gasteiger charge is -2.20. The van der Waals surface area contributed by atoms with Gasteiger partial charge in [-0.05, 0) is 30.5 Å². The van der Waals surface area contributed by atoms with E-state index in [0.717, 1.165) is 17.7 Å². The third-order valence-corrected chi connectivity index (χ3v) is 3.73. The van der Waals surface area contributed by atoms with E-state index in [1.54, 1.807) is 6.07 Å². The molecule has 1 atom stereocenters. The number of nitro groups is 1. The third-order valence-electron chi connectivity index (χ3n) is 3.43. The molecule has 2 aromatic carbocycles. The molecule has 110 valence electrons. The molecule has 2 aromatic rings. The molecule has 0 amide bonds. The summed E-state index contributed by atoms with van der Waals surface area (Å²) in [7, 11) is 0. The second-order valence-corrected chi connectivity index (χ2v) is 5.30. The molecule has 5 heteroatoms. The average Bonchev–Trinajstić information content (AvgIpc) is 2.48. The highest BCUT2D eigenvalue weighted by Crippen LogP contribution is 2.33. The first-order chi connectivity index (χ1) is 10.0. The third kappa shape index (κ3) is 3.52. The average molecular weight is 305 g/mol. The topological polar surface area (TPSA) is 55.2 Å². The highest BCUT2D eigenvalue weighted by Gasteiger charge is 2.17. The molecule has 0 aliphatic carbocycles. The Hall–Kier alpha value is -2.07. The maximum atomic E-state index is 10.9. The van der Waals surface area contributed by atoms with Crippen molar-refractivity contribution < 1.29 is 4.92 Å². The van der Waals surface area contributed by atoms with Gasteiger partial charge in [0.05, 0.1) is 11.0 Å².